The number of H-pyrrole nitrogens is 1. The monoisotopic (exact) mass is 356 g/mol. The van der Waals surface area contributed by atoms with E-state index < -0.39 is 0 Å². The standard InChI is InChI=1S/C17H28N2O6/c1-12-8-22-6-4-21-5-7-23-9-13(2)25-11-16-18-15(10-24-12)14(3)17(20)19-16/h12-13H,4-11H2,1-3H3,(H,18,19,20)/t12-,13-/m0/s1. The Hall–Kier alpha value is -1.32. The quantitative estimate of drug-likeness (QED) is 0.740. The van der Waals surface area contributed by atoms with Crippen LogP contribution in [0.25, 0.3) is 0 Å². The Morgan fingerprint density at radius 2 is 1.48 bits per heavy atom. The first-order valence-corrected chi connectivity index (χ1v) is 8.61. The summed E-state index contributed by atoms with van der Waals surface area (Å²) in [6.45, 7) is 8.95. The van der Waals surface area contributed by atoms with E-state index in [1.807, 2.05) is 13.8 Å². The van der Waals surface area contributed by atoms with Crippen LogP contribution in [0, 0.1) is 6.92 Å². The molecule has 0 amide bonds. The molecule has 0 saturated heterocycles. The molecular formula is C17H28N2O6. The Morgan fingerprint density at radius 1 is 0.920 bits per heavy atom. The summed E-state index contributed by atoms with van der Waals surface area (Å²) in [5, 5.41) is 0. The number of aromatic amines is 1. The molecule has 1 N–H and O–H groups in total. The molecule has 1 aliphatic heterocycles. The maximum atomic E-state index is 12.1. The van der Waals surface area contributed by atoms with Gasteiger partial charge in [0.1, 0.15) is 12.4 Å². The molecule has 0 saturated carbocycles. The third kappa shape index (κ3) is 7.21. The van der Waals surface area contributed by atoms with Gasteiger partial charge in [-0.3, -0.25) is 4.79 Å². The molecule has 0 radical (unpaired) electrons. The van der Waals surface area contributed by atoms with Gasteiger partial charge in [0.2, 0.25) is 0 Å². The van der Waals surface area contributed by atoms with Gasteiger partial charge in [0.25, 0.3) is 5.56 Å². The summed E-state index contributed by atoms with van der Waals surface area (Å²) < 4.78 is 27.9. The molecule has 8 nitrogen and oxygen atoms in total. The van der Waals surface area contributed by atoms with Crippen LogP contribution in [-0.2, 0) is 36.9 Å². The largest absolute Gasteiger partial charge is 0.377 e. The Balaban J connectivity index is 2.04. The van der Waals surface area contributed by atoms with Crippen molar-refractivity contribution in [2.45, 2.75) is 46.2 Å². The van der Waals surface area contributed by atoms with Gasteiger partial charge in [-0.05, 0) is 20.8 Å². The lowest BCUT2D eigenvalue weighted by Crippen LogP contribution is -2.24. The van der Waals surface area contributed by atoms with E-state index in [-0.39, 0.29) is 31.0 Å². The molecule has 8 heteroatoms. The summed E-state index contributed by atoms with van der Waals surface area (Å²) in [4.78, 5) is 19.3. The van der Waals surface area contributed by atoms with Crippen LogP contribution >= 0.6 is 0 Å². The summed E-state index contributed by atoms with van der Waals surface area (Å²) in [6, 6.07) is 0. The highest BCUT2D eigenvalue weighted by molar-refractivity contribution is 5.15. The molecular weight excluding hydrogens is 328 g/mol. The van der Waals surface area contributed by atoms with Crippen molar-refractivity contribution in [2.24, 2.45) is 0 Å². The number of fused-ring (bicyclic) bond motifs is 2. The topological polar surface area (TPSA) is 91.9 Å². The van der Waals surface area contributed by atoms with Crippen LogP contribution in [0.3, 0.4) is 0 Å². The van der Waals surface area contributed by atoms with E-state index in [0.717, 1.165) is 0 Å². The maximum absolute atomic E-state index is 12.1. The fourth-order valence-electron chi connectivity index (χ4n) is 2.21. The maximum Gasteiger partial charge on any atom is 0.254 e. The van der Waals surface area contributed by atoms with E-state index in [9.17, 15) is 4.79 Å². The Labute approximate surface area is 147 Å². The molecule has 25 heavy (non-hydrogen) atoms. The fraction of sp³-hybridized carbons (Fsp3) is 0.765. The SMILES string of the molecule is Cc1c2nc([nH]c1=O)CO[C@@H](C)COCCOCCOC[C@H](C)OC2. The molecule has 2 atom stereocenters. The zero-order chi connectivity index (χ0) is 18.1. The third-order valence-corrected chi connectivity index (χ3v) is 3.76. The van der Waals surface area contributed by atoms with Gasteiger partial charge in [0, 0.05) is 5.56 Å². The van der Waals surface area contributed by atoms with Gasteiger partial charge in [0.05, 0.1) is 64.2 Å². The van der Waals surface area contributed by atoms with Gasteiger partial charge in [0.15, 0.2) is 0 Å². The van der Waals surface area contributed by atoms with Crippen LogP contribution in [-0.4, -0.2) is 61.8 Å². The average Bonchev–Trinajstić information content (AvgIpc) is 2.59. The first-order valence-electron chi connectivity index (χ1n) is 8.61. The number of aromatic nitrogens is 2. The molecule has 1 aromatic rings. The van der Waals surface area contributed by atoms with Crippen LogP contribution in [0.2, 0.25) is 0 Å². The van der Waals surface area contributed by atoms with E-state index in [4.69, 9.17) is 23.7 Å². The lowest BCUT2D eigenvalue weighted by Gasteiger charge is -2.16. The minimum Gasteiger partial charge on any atom is -0.377 e. The van der Waals surface area contributed by atoms with Crippen molar-refractivity contribution in [1.82, 2.24) is 9.97 Å². The van der Waals surface area contributed by atoms with E-state index in [1.54, 1.807) is 6.92 Å². The lowest BCUT2D eigenvalue weighted by atomic mass is 10.2. The van der Waals surface area contributed by atoms with E-state index in [2.05, 4.69) is 9.97 Å². The van der Waals surface area contributed by atoms with Gasteiger partial charge in [-0.25, -0.2) is 4.98 Å². The molecule has 2 heterocycles. The third-order valence-electron chi connectivity index (χ3n) is 3.76. The Kier molecular flexibility index (Phi) is 8.50. The molecule has 2 rings (SSSR count). The van der Waals surface area contributed by atoms with Crippen molar-refractivity contribution < 1.29 is 23.7 Å². The summed E-state index contributed by atoms with van der Waals surface area (Å²) in [6.07, 6.45) is -0.226. The molecule has 0 aliphatic carbocycles. The lowest BCUT2D eigenvalue weighted by molar-refractivity contribution is -0.0486. The molecule has 1 aromatic heterocycles. The number of hydrogen-bond acceptors (Lipinski definition) is 7. The summed E-state index contributed by atoms with van der Waals surface area (Å²) >= 11 is 0. The number of hydrogen-bond donors (Lipinski definition) is 1. The minimum atomic E-state index is -0.174. The van der Waals surface area contributed by atoms with Gasteiger partial charge >= 0.3 is 0 Å². The molecule has 2 bridgehead atoms. The minimum absolute atomic E-state index is 0.109. The van der Waals surface area contributed by atoms with Crippen LogP contribution in [0.15, 0.2) is 4.79 Å². The van der Waals surface area contributed by atoms with Gasteiger partial charge in [-0.15, -0.1) is 0 Å². The molecule has 142 valence electrons. The summed E-state index contributed by atoms with van der Waals surface area (Å²) in [5.74, 6) is 0.481. The first kappa shape index (κ1) is 20.0. The van der Waals surface area contributed by atoms with E-state index >= 15 is 0 Å². The van der Waals surface area contributed by atoms with Crippen LogP contribution in [0.5, 0.6) is 0 Å². The molecule has 0 aromatic carbocycles. The molecule has 0 unspecified atom stereocenters. The smallest absolute Gasteiger partial charge is 0.254 e. The highest BCUT2D eigenvalue weighted by Crippen LogP contribution is 2.06. The normalized spacial score (nSPS) is 25.1. The van der Waals surface area contributed by atoms with Crippen molar-refractivity contribution in [3.63, 3.8) is 0 Å². The van der Waals surface area contributed by atoms with Crippen LogP contribution < -0.4 is 5.56 Å². The molecule has 1 aliphatic rings. The van der Waals surface area contributed by atoms with Crippen molar-refractivity contribution in [1.29, 1.82) is 0 Å². The molecule has 0 fully saturated rings. The highest BCUT2D eigenvalue weighted by atomic mass is 16.6. The van der Waals surface area contributed by atoms with Gasteiger partial charge in [-0.1, -0.05) is 0 Å². The van der Waals surface area contributed by atoms with Gasteiger partial charge in [-0.2, -0.15) is 0 Å². The van der Waals surface area contributed by atoms with Crippen molar-refractivity contribution in [2.75, 3.05) is 39.6 Å². The summed E-state index contributed by atoms with van der Waals surface area (Å²) in [5.41, 5.74) is 0.991. The molecule has 0 spiro atoms. The predicted molar refractivity (Wildman–Crippen MR) is 90.6 cm³/mol. The first-order chi connectivity index (χ1) is 12.1. The van der Waals surface area contributed by atoms with Crippen molar-refractivity contribution in [3.05, 3.63) is 27.4 Å². The van der Waals surface area contributed by atoms with Crippen LogP contribution in [0.1, 0.15) is 30.9 Å². The second-order valence-corrected chi connectivity index (χ2v) is 6.09. The average molecular weight is 356 g/mol. The second-order valence-electron chi connectivity index (χ2n) is 6.09. The highest BCUT2D eigenvalue weighted by Gasteiger charge is 2.12. The van der Waals surface area contributed by atoms with E-state index in [1.165, 1.54) is 0 Å². The number of ether oxygens (including phenoxy) is 5. The zero-order valence-corrected chi connectivity index (χ0v) is 15.2. The second kappa shape index (κ2) is 10.6. The van der Waals surface area contributed by atoms with Crippen molar-refractivity contribution in [3.8, 4) is 0 Å². The van der Waals surface area contributed by atoms with Crippen LogP contribution in [0.4, 0.5) is 0 Å². The Morgan fingerprint density at radius 3 is 2.12 bits per heavy atom. The number of rotatable bonds is 0. The number of nitrogens with zero attached hydrogens (tertiary/aromatic N) is 1. The summed E-state index contributed by atoms with van der Waals surface area (Å²) in [7, 11) is 0. The van der Waals surface area contributed by atoms with Gasteiger partial charge < -0.3 is 28.7 Å². The number of nitrogens with one attached hydrogen (secondary N) is 1. The van der Waals surface area contributed by atoms with Crippen molar-refractivity contribution >= 4 is 0 Å². The fourth-order valence-corrected chi connectivity index (χ4v) is 2.21. The zero-order valence-electron chi connectivity index (χ0n) is 15.2. The predicted octanol–water partition coefficient (Wildman–Crippen LogP) is 0.952. The Bertz CT molecular complexity index is 577. The van der Waals surface area contributed by atoms with E-state index in [0.29, 0.717) is 56.7 Å².